The lowest BCUT2D eigenvalue weighted by molar-refractivity contribution is 0.569. The van der Waals surface area contributed by atoms with Crippen LogP contribution in [0, 0.1) is 6.92 Å². The number of benzene rings is 1. The number of aryl methyl sites for hydroxylation is 1. The van der Waals surface area contributed by atoms with Crippen molar-refractivity contribution < 1.29 is 0 Å². The highest BCUT2D eigenvalue weighted by Crippen LogP contribution is 2.38. The molecule has 33 heavy (non-hydrogen) atoms. The molecule has 1 atom stereocenters. The average molecular weight is 440 g/mol. The molecular weight excluding hydrogens is 410 g/mol. The summed E-state index contributed by atoms with van der Waals surface area (Å²) in [5.41, 5.74) is 6.63. The van der Waals surface area contributed by atoms with E-state index in [0.29, 0.717) is 0 Å². The fourth-order valence-electron chi connectivity index (χ4n) is 5.36. The van der Waals surface area contributed by atoms with Crippen LogP contribution in [0.4, 0.5) is 11.8 Å². The van der Waals surface area contributed by atoms with Crippen molar-refractivity contribution in [1.82, 2.24) is 25.1 Å². The first-order valence-corrected chi connectivity index (χ1v) is 12.0. The van der Waals surface area contributed by atoms with Gasteiger partial charge in [0.05, 0.1) is 11.7 Å². The molecule has 0 amide bonds. The third-order valence-corrected chi connectivity index (χ3v) is 7.15. The lowest BCUT2D eigenvalue weighted by atomic mass is 9.97. The molecule has 0 aliphatic carbocycles. The lowest BCUT2D eigenvalue weighted by Crippen LogP contribution is -2.36. The minimum atomic E-state index is 0.146. The number of hydrogen-bond acceptors (Lipinski definition) is 6. The molecular formula is C26H29N7. The Hall–Kier alpha value is -3.48. The van der Waals surface area contributed by atoms with Crippen molar-refractivity contribution in [3.8, 4) is 11.3 Å². The van der Waals surface area contributed by atoms with Crippen LogP contribution in [-0.4, -0.2) is 44.8 Å². The summed E-state index contributed by atoms with van der Waals surface area (Å²) in [6, 6.07) is 12.7. The van der Waals surface area contributed by atoms with Gasteiger partial charge in [-0.15, -0.1) is 10.2 Å². The van der Waals surface area contributed by atoms with Crippen molar-refractivity contribution >= 4 is 22.8 Å². The number of H-pyrrole nitrogens is 1. The summed E-state index contributed by atoms with van der Waals surface area (Å²) in [5.74, 6) is 1.86. The summed E-state index contributed by atoms with van der Waals surface area (Å²) in [5, 5.41) is 10.2. The van der Waals surface area contributed by atoms with Gasteiger partial charge in [0.2, 0.25) is 5.95 Å². The van der Waals surface area contributed by atoms with Gasteiger partial charge >= 0.3 is 0 Å². The Balaban J connectivity index is 1.37. The molecule has 2 aliphatic heterocycles. The Kier molecular flexibility index (Phi) is 4.97. The van der Waals surface area contributed by atoms with Crippen LogP contribution in [0.3, 0.4) is 0 Å². The van der Waals surface area contributed by atoms with Crippen LogP contribution in [-0.2, 0) is 6.42 Å². The molecule has 4 aromatic rings. The van der Waals surface area contributed by atoms with Gasteiger partial charge in [0.25, 0.3) is 0 Å². The van der Waals surface area contributed by atoms with E-state index in [1.165, 1.54) is 36.1 Å². The number of piperidine rings is 1. The molecule has 1 saturated heterocycles. The fourth-order valence-corrected chi connectivity index (χ4v) is 5.36. The third kappa shape index (κ3) is 3.52. The molecule has 1 unspecified atom stereocenters. The lowest BCUT2D eigenvalue weighted by Gasteiger charge is -2.35. The second kappa shape index (κ2) is 8.14. The van der Waals surface area contributed by atoms with Gasteiger partial charge in [0.15, 0.2) is 5.65 Å². The van der Waals surface area contributed by atoms with Crippen molar-refractivity contribution in [2.75, 3.05) is 29.4 Å². The standard InChI is InChI=1S/C26H29N7/c1-17-8-4-5-9-19(17)22-16-20-24-18(2)33(15-11-21(24)28-25(20)31-30-22)26-27-12-10-23(29-26)32-13-6-3-7-14-32/h4-5,8-10,12,16,18H,3,6-7,11,13-15H2,1-2H3,(H,28,31). The van der Waals surface area contributed by atoms with Gasteiger partial charge in [-0.25, -0.2) is 4.98 Å². The number of nitrogens with one attached hydrogen (secondary N) is 1. The van der Waals surface area contributed by atoms with E-state index >= 15 is 0 Å². The predicted octanol–water partition coefficient (Wildman–Crippen LogP) is 4.84. The Morgan fingerprint density at radius 2 is 1.85 bits per heavy atom. The highest BCUT2D eigenvalue weighted by molar-refractivity contribution is 5.86. The maximum atomic E-state index is 4.99. The Morgan fingerprint density at radius 1 is 1.00 bits per heavy atom. The molecule has 7 heteroatoms. The minimum absolute atomic E-state index is 0.146. The summed E-state index contributed by atoms with van der Waals surface area (Å²) >= 11 is 0. The molecule has 2 aliphatic rings. The molecule has 168 valence electrons. The number of aromatic nitrogens is 5. The van der Waals surface area contributed by atoms with Crippen molar-refractivity contribution in [3.63, 3.8) is 0 Å². The van der Waals surface area contributed by atoms with Crippen molar-refractivity contribution in [3.05, 3.63) is 59.4 Å². The van der Waals surface area contributed by atoms with E-state index in [0.717, 1.165) is 60.1 Å². The molecule has 7 nitrogen and oxygen atoms in total. The van der Waals surface area contributed by atoms with E-state index in [-0.39, 0.29) is 6.04 Å². The molecule has 5 heterocycles. The number of nitrogens with zero attached hydrogens (tertiary/aromatic N) is 6. The highest BCUT2D eigenvalue weighted by atomic mass is 15.3. The van der Waals surface area contributed by atoms with E-state index in [4.69, 9.17) is 4.98 Å². The molecule has 3 aromatic heterocycles. The van der Waals surface area contributed by atoms with Crippen molar-refractivity contribution in [1.29, 1.82) is 0 Å². The van der Waals surface area contributed by atoms with E-state index in [1.807, 2.05) is 12.3 Å². The summed E-state index contributed by atoms with van der Waals surface area (Å²) in [4.78, 5) is 17.9. The number of aromatic amines is 1. The Bertz CT molecular complexity index is 1310. The normalized spacial score (nSPS) is 18.5. The number of anilines is 2. The van der Waals surface area contributed by atoms with Gasteiger partial charge in [0.1, 0.15) is 5.82 Å². The van der Waals surface area contributed by atoms with E-state index in [9.17, 15) is 0 Å². The zero-order valence-electron chi connectivity index (χ0n) is 19.3. The van der Waals surface area contributed by atoms with Crippen LogP contribution in [0.2, 0.25) is 0 Å². The van der Waals surface area contributed by atoms with E-state index in [2.05, 4.69) is 74.1 Å². The molecule has 0 saturated carbocycles. The van der Waals surface area contributed by atoms with Crippen LogP contribution in [0.1, 0.15) is 49.0 Å². The van der Waals surface area contributed by atoms with Crippen LogP contribution < -0.4 is 9.80 Å². The molecule has 0 radical (unpaired) electrons. The fraction of sp³-hybridized carbons (Fsp3) is 0.385. The molecule has 1 aromatic carbocycles. The topological polar surface area (TPSA) is 73.8 Å². The predicted molar refractivity (Wildman–Crippen MR) is 132 cm³/mol. The summed E-state index contributed by atoms with van der Waals surface area (Å²) in [6.45, 7) is 7.40. The van der Waals surface area contributed by atoms with Gasteiger partial charge in [-0.05, 0) is 50.8 Å². The summed E-state index contributed by atoms with van der Waals surface area (Å²) in [7, 11) is 0. The SMILES string of the molecule is Cc1ccccc1-c1cc2c3c([nH]c2nn1)CCN(c1nccc(N2CCCCC2)n1)C3C. The molecule has 6 rings (SSSR count). The van der Waals surface area contributed by atoms with E-state index in [1.54, 1.807) is 0 Å². The number of hydrogen-bond donors (Lipinski definition) is 1. The monoisotopic (exact) mass is 439 g/mol. The van der Waals surface area contributed by atoms with Crippen molar-refractivity contribution in [2.45, 2.75) is 45.6 Å². The second-order valence-corrected chi connectivity index (χ2v) is 9.21. The second-order valence-electron chi connectivity index (χ2n) is 9.21. The molecule has 1 fully saturated rings. The molecule has 0 spiro atoms. The first-order valence-electron chi connectivity index (χ1n) is 12.0. The van der Waals surface area contributed by atoms with Gasteiger partial charge in [-0.1, -0.05) is 24.3 Å². The maximum Gasteiger partial charge on any atom is 0.227 e. The number of rotatable bonds is 3. The Labute approximate surface area is 193 Å². The maximum absolute atomic E-state index is 4.99. The van der Waals surface area contributed by atoms with Crippen LogP contribution in [0.5, 0.6) is 0 Å². The average Bonchev–Trinajstić information content (AvgIpc) is 3.24. The molecule has 0 bridgehead atoms. The first kappa shape index (κ1) is 20.1. The zero-order chi connectivity index (χ0) is 22.4. The van der Waals surface area contributed by atoms with Crippen LogP contribution in [0.15, 0.2) is 42.6 Å². The quantitative estimate of drug-likeness (QED) is 0.493. The van der Waals surface area contributed by atoms with E-state index < -0.39 is 0 Å². The zero-order valence-corrected chi connectivity index (χ0v) is 19.3. The van der Waals surface area contributed by atoms with Gasteiger partial charge in [0, 0.05) is 54.5 Å². The first-order chi connectivity index (χ1) is 16.2. The Morgan fingerprint density at radius 3 is 2.70 bits per heavy atom. The van der Waals surface area contributed by atoms with Gasteiger partial charge in [-0.2, -0.15) is 4.98 Å². The van der Waals surface area contributed by atoms with Crippen LogP contribution >= 0.6 is 0 Å². The minimum Gasteiger partial charge on any atom is -0.356 e. The summed E-state index contributed by atoms with van der Waals surface area (Å²) < 4.78 is 0. The van der Waals surface area contributed by atoms with Gasteiger partial charge in [-0.3, -0.25) is 0 Å². The van der Waals surface area contributed by atoms with Crippen LogP contribution in [0.25, 0.3) is 22.3 Å². The molecule has 1 N–H and O–H groups in total. The summed E-state index contributed by atoms with van der Waals surface area (Å²) in [6.07, 6.45) is 6.61. The number of fused-ring (bicyclic) bond motifs is 3. The van der Waals surface area contributed by atoms with Crippen molar-refractivity contribution in [2.24, 2.45) is 0 Å². The van der Waals surface area contributed by atoms with Gasteiger partial charge < -0.3 is 14.8 Å². The highest BCUT2D eigenvalue weighted by Gasteiger charge is 2.30. The third-order valence-electron chi connectivity index (χ3n) is 7.15. The largest absolute Gasteiger partial charge is 0.356 e. The smallest absolute Gasteiger partial charge is 0.227 e.